The quantitative estimate of drug-likeness (QED) is 0.476. The molecule has 4 amide bonds. The first-order valence-corrected chi connectivity index (χ1v) is 7.25. The van der Waals surface area contributed by atoms with Gasteiger partial charge in [0.15, 0.2) is 13.1 Å². The van der Waals surface area contributed by atoms with Gasteiger partial charge in [0.25, 0.3) is 11.8 Å². The third kappa shape index (κ3) is 6.89. The van der Waals surface area contributed by atoms with Crippen LogP contribution in [0.4, 0.5) is 4.79 Å². The average molecular weight is 311 g/mol. The van der Waals surface area contributed by atoms with Crippen molar-refractivity contribution in [2.75, 3.05) is 26.2 Å². The van der Waals surface area contributed by atoms with E-state index in [9.17, 15) is 14.4 Å². The highest BCUT2D eigenvalue weighted by Gasteiger charge is 2.17. The molecule has 1 heterocycles. The van der Waals surface area contributed by atoms with Gasteiger partial charge in [-0.1, -0.05) is 0 Å². The molecule has 0 saturated carbocycles. The van der Waals surface area contributed by atoms with Crippen molar-refractivity contribution < 1.29 is 23.7 Å². The molecule has 1 atom stereocenters. The van der Waals surface area contributed by atoms with Crippen LogP contribution in [-0.2, 0) is 16.1 Å². The number of imide groups is 1. The second kappa shape index (κ2) is 9.56. The topological polar surface area (TPSA) is 105 Å². The van der Waals surface area contributed by atoms with E-state index in [0.29, 0.717) is 18.8 Å². The molecule has 0 spiro atoms. The van der Waals surface area contributed by atoms with Crippen molar-refractivity contribution >= 4 is 17.8 Å². The highest BCUT2D eigenvalue weighted by atomic mass is 16.3. The number of hydrogen-bond donors (Lipinski definition) is 4. The molecular formula is C14H23N4O4+. The van der Waals surface area contributed by atoms with Crippen molar-refractivity contribution in [3.63, 3.8) is 0 Å². The first-order chi connectivity index (χ1) is 10.5. The van der Waals surface area contributed by atoms with Crippen LogP contribution in [0.25, 0.3) is 0 Å². The molecule has 122 valence electrons. The smallest absolute Gasteiger partial charge is 0.321 e. The first-order valence-electron chi connectivity index (χ1n) is 7.25. The Bertz CT molecular complexity index is 487. The molecule has 1 aromatic rings. The number of quaternary nitrogens is 1. The zero-order chi connectivity index (χ0) is 16.4. The van der Waals surface area contributed by atoms with Gasteiger partial charge in [-0.3, -0.25) is 14.9 Å². The van der Waals surface area contributed by atoms with Gasteiger partial charge >= 0.3 is 6.03 Å². The zero-order valence-corrected chi connectivity index (χ0v) is 12.9. The largest absolute Gasteiger partial charge is 0.467 e. The molecule has 8 nitrogen and oxygen atoms in total. The highest BCUT2D eigenvalue weighted by molar-refractivity contribution is 5.94. The number of carbonyl (C=O) groups excluding carboxylic acids is 3. The molecular weight excluding hydrogens is 288 g/mol. The predicted octanol–water partition coefficient (Wildman–Crippen LogP) is -1.35. The van der Waals surface area contributed by atoms with Gasteiger partial charge in [0.05, 0.1) is 19.4 Å². The molecule has 22 heavy (non-hydrogen) atoms. The van der Waals surface area contributed by atoms with E-state index in [1.165, 1.54) is 6.26 Å². The summed E-state index contributed by atoms with van der Waals surface area (Å²) in [7, 11) is 0. The third-order valence-electron chi connectivity index (χ3n) is 2.95. The Morgan fingerprint density at radius 3 is 2.45 bits per heavy atom. The number of likely N-dealkylation sites (N-methyl/N-ethyl adjacent to an activating group) is 2. The summed E-state index contributed by atoms with van der Waals surface area (Å²) in [6, 6.07) is 2.84. The Labute approximate surface area is 129 Å². The highest BCUT2D eigenvalue weighted by Crippen LogP contribution is 1.97. The molecule has 0 saturated heterocycles. The van der Waals surface area contributed by atoms with E-state index in [1.54, 1.807) is 12.1 Å². The molecule has 1 unspecified atom stereocenters. The number of amides is 4. The monoisotopic (exact) mass is 311 g/mol. The van der Waals surface area contributed by atoms with E-state index >= 15 is 0 Å². The maximum atomic E-state index is 11.8. The number of urea groups is 1. The SMILES string of the molecule is CCNC(=O)C[NH+](CC)CC(=O)NC(=O)NCc1ccco1. The van der Waals surface area contributed by atoms with Gasteiger partial charge in [0.2, 0.25) is 0 Å². The van der Waals surface area contributed by atoms with Crippen molar-refractivity contribution in [1.29, 1.82) is 0 Å². The summed E-state index contributed by atoms with van der Waals surface area (Å²) < 4.78 is 5.06. The van der Waals surface area contributed by atoms with Crippen molar-refractivity contribution in [2.24, 2.45) is 0 Å². The lowest BCUT2D eigenvalue weighted by molar-refractivity contribution is -0.881. The molecule has 0 aliphatic rings. The van der Waals surface area contributed by atoms with E-state index in [0.717, 1.165) is 4.90 Å². The molecule has 0 bridgehead atoms. The lowest BCUT2D eigenvalue weighted by Gasteiger charge is -2.16. The third-order valence-corrected chi connectivity index (χ3v) is 2.95. The second-order valence-corrected chi connectivity index (χ2v) is 4.72. The van der Waals surface area contributed by atoms with Gasteiger partial charge in [-0.15, -0.1) is 0 Å². The molecule has 0 aliphatic carbocycles. The fraction of sp³-hybridized carbons (Fsp3) is 0.500. The van der Waals surface area contributed by atoms with Crippen LogP contribution in [-0.4, -0.2) is 44.0 Å². The number of furan rings is 1. The van der Waals surface area contributed by atoms with E-state index in [4.69, 9.17) is 4.42 Å². The summed E-state index contributed by atoms with van der Waals surface area (Å²) >= 11 is 0. The maximum absolute atomic E-state index is 11.8. The van der Waals surface area contributed by atoms with Gasteiger partial charge < -0.3 is 20.0 Å². The van der Waals surface area contributed by atoms with Crippen LogP contribution in [0.15, 0.2) is 22.8 Å². The van der Waals surface area contributed by atoms with Crippen molar-refractivity contribution in [1.82, 2.24) is 16.0 Å². The van der Waals surface area contributed by atoms with E-state index < -0.39 is 11.9 Å². The lowest BCUT2D eigenvalue weighted by atomic mass is 10.4. The van der Waals surface area contributed by atoms with Crippen molar-refractivity contribution in [2.45, 2.75) is 20.4 Å². The number of rotatable bonds is 8. The maximum Gasteiger partial charge on any atom is 0.321 e. The Morgan fingerprint density at radius 2 is 1.86 bits per heavy atom. The molecule has 0 fully saturated rings. The van der Waals surface area contributed by atoms with E-state index in [2.05, 4.69) is 16.0 Å². The molecule has 0 aliphatic heterocycles. The molecule has 8 heteroatoms. The van der Waals surface area contributed by atoms with Crippen LogP contribution in [0.5, 0.6) is 0 Å². The summed E-state index contributed by atoms with van der Waals surface area (Å²) in [5.41, 5.74) is 0. The second-order valence-electron chi connectivity index (χ2n) is 4.72. The lowest BCUT2D eigenvalue weighted by Crippen LogP contribution is -3.14. The molecule has 1 aromatic heterocycles. The molecule has 0 radical (unpaired) electrons. The normalized spacial score (nSPS) is 11.5. The Hall–Kier alpha value is -2.35. The summed E-state index contributed by atoms with van der Waals surface area (Å²) in [5.74, 6) is 0.0483. The number of nitrogens with one attached hydrogen (secondary N) is 4. The van der Waals surface area contributed by atoms with E-state index in [-0.39, 0.29) is 25.5 Å². The number of hydrogen-bond acceptors (Lipinski definition) is 4. The van der Waals surface area contributed by atoms with Crippen molar-refractivity contribution in [3.05, 3.63) is 24.2 Å². The van der Waals surface area contributed by atoms with Crippen LogP contribution < -0.4 is 20.9 Å². The minimum absolute atomic E-state index is 0.0573. The summed E-state index contributed by atoms with van der Waals surface area (Å²) in [5, 5.41) is 7.42. The standard InChI is InChI=1S/C14H22N4O4/c1-3-15-12(19)9-18(4-2)10-13(20)17-14(21)16-8-11-6-5-7-22-11/h5-7H,3-4,8-10H2,1-2H3,(H,15,19)(H2,16,17,20,21)/p+1. The Balaban J connectivity index is 2.30. The van der Waals surface area contributed by atoms with Gasteiger partial charge in [0.1, 0.15) is 5.76 Å². The molecule has 4 N–H and O–H groups in total. The predicted molar refractivity (Wildman–Crippen MR) is 79.0 cm³/mol. The summed E-state index contributed by atoms with van der Waals surface area (Å²) in [4.78, 5) is 35.6. The van der Waals surface area contributed by atoms with Gasteiger partial charge in [-0.2, -0.15) is 0 Å². The number of carbonyl (C=O) groups is 3. The summed E-state index contributed by atoms with van der Waals surface area (Å²) in [6.45, 7) is 5.33. The Morgan fingerprint density at radius 1 is 1.14 bits per heavy atom. The van der Waals surface area contributed by atoms with Crippen LogP contribution in [0, 0.1) is 0 Å². The fourth-order valence-corrected chi connectivity index (χ4v) is 1.82. The minimum atomic E-state index is -0.588. The molecule has 1 rings (SSSR count). The van der Waals surface area contributed by atoms with Crippen LogP contribution >= 0.6 is 0 Å². The minimum Gasteiger partial charge on any atom is -0.467 e. The average Bonchev–Trinajstić information content (AvgIpc) is 2.97. The Kier molecular flexibility index (Phi) is 7.69. The first kappa shape index (κ1) is 17.7. The van der Waals surface area contributed by atoms with Crippen molar-refractivity contribution in [3.8, 4) is 0 Å². The van der Waals surface area contributed by atoms with Crippen LogP contribution in [0.2, 0.25) is 0 Å². The van der Waals surface area contributed by atoms with Crippen LogP contribution in [0.3, 0.4) is 0 Å². The van der Waals surface area contributed by atoms with Gasteiger partial charge in [0, 0.05) is 6.54 Å². The fourth-order valence-electron chi connectivity index (χ4n) is 1.82. The van der Waals surface area contributed by atoms with Crippen LogP contribution in [0.1, 0.15) is 19.6 Å². The van der Waals surface area contributed by atoms with Gasteiger partial charge in [-0.25, -0.2) is 4.79 Å². The molecule has 0 aromatic carbocycles. The van der Waals surface area contributed by atoms with Gasteiger partial charge in [-0.05, 0) is 26.0 Å². The summed E-state index contributed by atoms with van der Waals surface area (Å²) in [6.07, 6.45) is 1.50. The zero-order valence-electron chi connectivity index (χ0n) is 12.9. The van der Waals surface area contributed by atoms with E-state index in [1.807, 2.05) is 13.8 Å².